The number of aromatic nitrogens is 2. The maximum Gasteiger partial charge on any atom is 0.245 e. The SMILES string of the molecule is CC[C@@H](C)[C@H](NC(=O)C1CCN(S(=O)(=O)c2cccc3nsnc23)CC1)C(=O)NC1CC1. The normalized spacial score (nSPS) is 20.1. The molecular formula is C21H29N5O4S2. The van der Waals surface area contributed by atoms with Gasteiger partial charge < -0.3 is 10.6 Å². The summed E-state index contributed by atoms with van der Waals surface area (Å²) < 4.78 is 36.1. The van der Waals surface area contributed by atoms with Gasteiger partial charge in [-0.25, -0.2) is 8.42 Å². The predicted octanol–water partition coefficient (Wildman–Crippen LogP) is 1.90. The van der Waals surface area contributed by atoms with Crippen molar-refractivity contribution in [3.8, 4) is 0 Å². The van der Waals surface area contributed by atoms with Gasteiger partial charge in [-0.05, 0) is 43.7 Å². The molecule has 1 aliphatic carbocycles. The van der Waals surface area contributed by atoms with Crippen molar-refractivity contribution >= 4 is 44.6 Å². The molecule has 2 aromatic rings. The fraction of sp³-hybridized carbons (Fsp3) is 0.619. The molecule has 174 valence electrons. The van der Waals surface area contributed by atoms with Crippen molar-refractivity contribution < 1.29 is 18.0 Å². The van der Waals surface area contributed by atoms with E-state index in [0.29, 0.717) is 23.9 Å². The van der Waals surface area contributed by atoms with E-state index in [1.54, 1.807) is 18.2 Å². The quantitative estimate of drug-likeness (QED) is 0.596. The lowest BCUT2D eigenvalue weighted by atomic mass is 9.94. The summed E-state index contributed by atoms with van der Waals surface area (Å²) in [6.45, 7) is 4.45. The van der Waals surface area contributed by atoms with Crippen LogP contribution in [-0.2, 0) is 19.6 Å². The Morgan fingerprint density at radius 3 is 2.56 bits per heavy atom. The number of carbonyl (C=O) groups excluding carboxylic acids is 2. The molecule has 2 amide bonds. The molecule has 2 N–H and O–H groups in total. The van der Waals surface area contributed by atoms with E-state index in [2.05, 4.69) is 19.4 Å². The number of piperidine rings is 1. The number of benzene rings is 1. The maximum absolute atomic E-state index is 13.2. The van der Waals surface area contributed by atoms with Crippen LogP contribution in [0.15, 0.2) is 23.1 Å². The smallest absolute Gasteiger partial charge is 0.245 e. The summed E-state index contributed by atoms with van der Waals surface area (Å²) in [7, 11) is -3.73. The van der Waals surface area contributed by atoms with Crippen LogP contribution in [0.2, 0.25) is 0 Å². The lowest BCUT2D eigenvalue weighted by molar-refractivity contribution is -0.133. The minimum Gasteiger partial charge on any atom is -0.352 e. The van der Waals surface area contributed by atoms with Crippen LogP contribution < -0.4 is 10.6 Å². The van der Waals surface area contributed by atoms with E-state index in [9.17, 15) is 18.0 Å². The molecule has 4 rings (SSSR count). The number of fused-ring (bicyclic) bond motifs is 1. The predicted molar refractivity (Wildman–Crippen MR) is 121 cm³/mol. The first-order chi connectivity index (χ1) is 15.3. The molecule has 2 aliphatic rings. The summed E-state index contributed by atoms with van der Waals surface area (Å²) in [5.74, 6) is -0.604. The largest absolute Gasteiger partial charge is 0.352 e. The number of nitrogens with zero attached hydrogens (tertiary/aromatic N) is 3. The highest BCUT2D eigenvalue weighted by Crippen LogP contribution is 2.28. The van der Waals surface area contributed by atoms with E-state index >= 15 is 0 Å². The number of hydrogen-bond acceptors (Lipinski definition) is 7. The van der Waals surface area contributed by atoms with Crippen LogP contribution in [0.4, 0.5) is 0 Å². The van der Waals surface area contributed by atoms with E-state index in [1.165, 1.54) is 4.31 Å². The van der Waals surface area contributed by atoms with Gasteiger partial charge in [0.25, 0.3) is 0 Å². The van der Waals surface area contributed by atoms with Gasteiger partial charge >= 0.3 is 0 Å². The highest BCUT2D eigenvalue weighted by Gasteiger charge is 2.36. The minimum absolute atomic E-state index is 0.0189. The molecule has 0 radical (unpaired) electrons. The number of amides is 2. The molecule has 1 aliphatic heterocycles. The summed E-state index contributed by atoms with van der Waals surface area (Å²) in [4.78, 5) is 25.7. The average Bonchev–Trinajstić information content (AvgIpc) is 3.48. The van der Waals surface area contributed by atoms with Gasteiger partial charge in [-0.15, -0.1) is 0 Å². The van der Waals surface area contributed by atoms with Crippen LogP contribution in [-0.4, -0.2) is 58.5 Å². The molecule has 2 heterocycles. The van der Waals surface area contributed by atoms with Gasteiger partial charge in [0.15, 0.2) is 0 Å². The van der Waals surface area contributed by atoms with Crippen LogP contribution >= 0.6 is 11.7 Å². The molecule has 1 saturated heterocycles. The monoisotopic (exact) mass is 479 g/mol. The second kappa shape index (κ2) is 9.40. The van der Waals surface area contributed by atoms with Crippen LogP contribution in [0, 0.1) is 11.8 Å². The number of sulfonamides is 1. The van der Waals surface area contributed by atoms with Gasteiger partial charge in [0, 0.05) is 25.0 Å². The second-order valence-electron chi connectivity index (χ2n) is 8.72. The first-order valence-corrected chi connectivity index (χ1v) is 13.3. The van der Waals surface area contributed by atoms with E-state index in [4.69, 9.17) is 0 Å². The number of carbonyl (C=O) groups is 2. The lowest BCUT2D eigenvalue weighted by Crippen LogP contribution is -2.53. The minimum atomic E-state index is -3.73. The zero-order valence-corrected chi connectivity index (χ0v) is 19.9. The van der Waals surface area contributed by atoms with E-state index in [-0.39, 0.29) is 47.7 Å². The van der Waals surface area contributed by atoms with Gasteiger partial charge in [-0.2, -0.15) is 13.1 Å². The van der Waals surface area contributed by atoms with Crippen molar-refractivity contribution in [2.45, 2.75) is 62.9 Å². The zero-order valence-electron chi connectivity index (χ0n) is 18.3. The summed E-state index contributed by atoms with van der Waals surface area (Å²) in [6, 6.07) is 4.62. The van der Waals surface area contributed by atoms with E-state index in [0.717, 1.165) is 31.0 Å². The van der Waals surface area contributed by atoms with Crippen LogP contribution in [0.3, 0.4) is 0 Å². The van der Waals surface area contributed by atoms with Gasteiger partial charge in [0.2, 0.25) is 21.8 Å². The van der Waals surface area contributed by atoms with Crippen LogP contribution in [0.25, 0.3) is 11.0 Å². The second-order valence-corrected chi connectivity index (χ2v) is 11.2. The molecule has 0 spiro atoms. The van der Waals surface area contributed by atoms with Crippen LogP contribution in [0.5, 0.6) is 0 Å². The van der Waals surface area contributed by atoms with Gasteiger partial charge in [-0.1, -0.05) is 26.3 Å². The number of nitrogens with one attached hydrogen (secondary N) is 2. The van der Waals surface area contributed by atoms with Gasteiger partial charge in [-0.3, -0.25) is 9.59 Å². The zero-order chi connectivity index (χ0) is 22.9. The molecule has 1 saturated carbocycles. The Morgan fingerprint density at radius 1 is 1.19 bits per heavy atom. The van der Waals surface area contributed by atoms with Crippen molar-refractivity contribution in [3.63, 3.8) is 0 Å². The Kier molecular flexibility index (Phi) is 6.78. The Hall–Kier alpha value is -2.11. The van der Waals surface area contributed by atoms with E-state index < -0.39 is 16.1 Å². The van der Waals surface area contributed by atoms with Gasteiger partial charge in [0.05, 0.1) is 11.7 Å². The molecule has 2 fully saturated rings. The standard InChI is InChI=1S/C21H29N5O4S2/c1-3-13(2)18(21(28)22-15-7-8-15)23-20(27)14-9-11-26(12-10-14)32(29,30)17-6-4-5-16-19(17)25-31-24-16/h4-6,13-15,18H,3,7-12H2,1-2H3,(H,22,28)(H,23,27)/t13-,18+/m1/s1. The molecular weight excluding hydrogens is 450 g/mol. The fourth-order valence-electron chi connectivity index (χ4n) is 3.98. The molecule has 32 heavy (non-hydrogen) atoms. The molecule has 9 nitrogen and oxygen atoms in total. The van der Waals surface area contributed by atoms with Crippen molar-refractivity contribution in [3.05, 3.63) is 18.2 Å². The van der Waals surface area contributed by atoms with Crippen molar-refractivity contribution in [2.75, 3.05) is 13.1 Å². The first kappa shape index (κ1) is 23.1. The third-order valence-corrected chi connectivity index (χ3v) is 8.88. The van der Waals surface area contributed by atoms with E-state index in [1.807, 2.05) is 13.8 Å². The summed E-state index contributed by atoms with van der Waals surface area (Å²) in [5, 5.41) is 5.92. The van der Waals surface area contributed by atoms with Crippen molar-refractivity contribution in [1.29, 1.82) is 0 Å². The lowest BCUT2D eigenvalue weighted by Gasteiger charge is -2.32. The summed E-state index contributed by atoms with van der Waals surface area (Å²) in [6.07, 6.45) is 3.58. The highest BCUT2D eigenvalue weighted by atomic mass is 32.2. The highest BCUT2D eigenvalue weighted by molar-refractivity contribution is 7.89. The Labute approximate surface area is 192 Å². The first-order valence-electron chi connectivity index (χ1n) is 11.1. The van der Waals surface area contributed by atoms with Gasteiger partial charge in [0.1, 0.15) is 22.0 Å². The Morgan fingerprint density at radius 2 is 1.91 bits per heavy atom. The molecule has 1 aromatic heterocycles. The van der Waals surface area contributed by atoms with Crippen LogP contribution in [0.1, 0.15) is 46.0 Å². The number of rotatable bonds is 8. The fourth-order valence-corrected chi connectivity index (χ4v) is 6.20. The van der Waals surface area contributed by atoms with Crippen molar-refractivity contribution in [1.82, 2.24) is 23.7 Å². The number of hydrogen-bond donors (Lipinski definition) is 2. The third kappa shape index (κ3) is 4.79. The topological polar surface area (TPSA) is 121 Å². The summed E-state index contributed by atoms with van der Waals surface area (Å²) in [5.41, 5.74) is 0.946. The van der Waals surface area contributed by atoms with Crippen molar-refractivity contribution in [2.24, 2.45) is 11.8 Å². The Balaban J connectivity index is 1.39. The summed E-state index contributed by atoms with van der Waals surface area (Å²) >= 11 is 0.985. The molecule has 1 aromatic carbocycles. The molecule has 0 bridgehead atoms. The third-order valence-electron chi connectivity index (χ3n) is 6.41. The average molecular weight is 480 g/mol. The maximum atomic E-state index is 13.2. The molecule has 11 heteroatoms. The Bertz CT molecular complexity index is 1090. The molecule has 0 unspecified atom stereocenters. The molecule has 2 atom stereocenters.